The summed E-state index contributed by atoms with van der Waals surface area (Å²) in [6, 6.07) is 0. The van der Waals surface area contributed by atoms with E-state index in [4.69, 9.17) is 14.2 Å². The van der Waals surface area contributed by atoms with Crippen LogP contribution in [0.5, 0.6) is 0 Å². The number of nitrogens with one attached hydrogen (secondary N) is 1. The van der Waals surface area contributed by atoms with Crippen LogP contribution in [0.25, 0.3) is 0 Å². The van der Waals surface area contributed by atoms with Gasteiger partial charge in [0.05, 0.1) is 26.4 Å². The van der Waals surface area contributed by atoms with Gasteiger partial charge >= 0.3 is 6.09 Å². The molecule has 0 saturated carbocycles. The number of ether oxygens (including phenoxy) is 3. The van der Waals surface area contributed by atoms with Crippen LogP contribution in [0.2, 0.25) is 0 Å². The Hall–Kier alpha value is -0.810. The molecule has 0 unspecified atom stereocenters. The molecule has 1 rings (SSSR count). The molecular weight excluding hydrogens is 246 g/mol. The Morgan fingerprint density at radius 2 is 2.05 bits per heavy atom. The Kier molecular flexibility index (Phi) is 7.82. The zero-order valence-electron chi connectivity index (χ0n) is 12.2. The first-order chi connectivity index (χ1) is 9.22. The molecule has 0 aliphatic carbocycles. The predicted molar refractivity (Wildman–Crippen MR) is 73.2 cm³/mol. The summed E-state index contributed by atoms with van der Waals surface area (Å²) in [5.41, 5.74) is 0.197. The van der Waals surface area contributed by atoms with Crippen molar-refractivity contribution in [3.05, 3.63) is 0 Å². The summed E-state index contributed by atoms with van der Waals surface area (Å²) < 4.78 is 15.8. The highest BCUT2D eigenvalue weighted by molar-refractivity contribution is 5.66. The molecule has 0 radical (unpaired) electrons. The van der Waals surface area contributed by atoms with Crippen LogP contribution in [0.4, 0.5) is 4.79 Å². The van der Waals surface area contributed by atoms with Gasteiger partial charge in [-0.15, -0.1) is 0 Å². The van der Waals surface area contributed by atoms with Gasteiger partial charge in [0.2, 0.25) is 0 Å². The van der Waals surface area contributed by atoms with Crippen LogP contribution in [-0.4, -0.2) is 45.7 Å². The summed E-state index contributed by atoms with van der Waals surface area (Å²) in [4.78, 5) is 11.3. The molecule has 0 spiro atoms. The molecule has 19 heavy (non-hydrogen) atoms. The normalized spacial score (nSPS) is 16.7. The first-order valence-corrected chi connectivity index (χ1v) is 7.28. The second-order valence-electron chi connectivity index (χ2n) is 5.17. The summed E-state index contributed by atoms with van der Waals surface area (Å²) in [5, 5.41) is 2.72. The highest BCUT2D eigenvalue weighted by atomic mass is 16.6. The van der Waals surface area contributed by atoms with E-state index in [-0.39, 0.29) is 11.5 Å². The molecule has 1 aliphatic heterocycles. The lowest BCUT2D eigenvalue weighted by Gasteiger charge is -2.40. The molecule has 0 aromatic rings. The lowest BCUT2D eigenvalue weighted by molar-refractivity contribution is -0.151. The molecule has 1 amide bonds. The van der Waals surface area contributed by atoms with Crippen LogP contribution in [0, 0.1) is 5.41 Å². The smallest absolute Gasteiger partial charge is 0.407 e. The molecule has 5 heteroatoms. The van der Waals surface area contributed by atoms with Crippen molar-refractivity contribution in [3.63, 3.8) is 0 Å². The van der Waals surface area contributed by atoms with Crippen molar-refractivity contribution in [2.45, 2.75) is 39.5 Å². The van der Waals surface area contributed by atoms with Gasteiger partial charge in [0.25, 0.3) is 0 Å². The molecule has 112 valence electrons. The van der Waals surface area contributed by atoms with Crippen LogP contribution in [-0.2, 0) is 14.2 Å². The van der Waals surface area contributed by atoms with Crippen LogP contribution in [0.1, 0.15) is 39.5 Å². The van der Waals surface area contributed by atoms with Gasteiger partial charge in [0.1, 0.15) is 6.61 Å². The molecule has 1 heterocycles. The number of alkyl carbamates (subject to hydrolysis) is 1. The molecule has 1 aliphatic rings. The minimum absolute atomic E-state index is 0.197. The predicted octanol–water partition coefficient (Wildman–Crippen LogP) is 2.35. The van der Waals surface area contributed by atoms with E-state index >= 15 is 0 Å². The lowest BCUT2D eigenvalue weighted by Crippen LogP contribution is -2.45. The van der Waals surface area contributed by atoms with Gasteiger partial charge in [-0.25, -0.2) is 4.79 Å². The Morgan fingerprint density at radius 1 is 1.26 bits per heavy atom. The van der Waals surface area contributed by atoms with Crippen molar-refractivity contribution >= 4 is 6.09 Å². The van der Waals surface area contributed by atoms with Crippen molar-refractivity contribution in [1.29, 1.82) is 0 Å². The summed E-state index contributed by atoms with van der Waals surface area (Å²) in [6.45, 7) is 7.96. The molecule has 1 N–H and O–H groups in total. The van der Waals surface area contributed by atoms with Crippen LogP contribution in [0.3, 0.4) is 0 Å². The quantitative estimate of drug-likeness (QED) is 0.621. The van der Waals surface area contributed by atoms with E-state index in [1.165, 1.54) is 0 Å². The third kappa shape index (κ3) is 6.25. The summed E-state index contributed by atoms with van der Waals surface area (Å²) in [6.07, 6.45) is 3.99. The topological polar surface area (TPSA) is 56.8 Å². The standard InChI is InChI=1S/C14H27NO4/c1-3-5-6-7-15-13(16)19-9-8-17-10-14(4-2)11-18-12-14/h3-12H2,1-2H3,(H,15,16). The van der Waals surface area contributed by atoms with Gasteiger partial charge in [-0.1, -0.05) is 26.7 Å². The lowest BCUT2D eigenvalue weighted by atomic mass is 9.84. The Labute approximate surface area is 116 Å². The molecular formula is C14H27NO4. The average molecular weight is 273 g/mol. The highest BCUT2D eigenvalue weighted by Crippen LogP contribution is 2.31. The fourth-order valence-corrected chi connectivity index (χ4v) is 1.88. The number of hydrogen-bond donors (Lipinski definition) is 1. The maximum absolute atomic E-state index is 11.3. The Bertz CT molecular complexity index is 248. The van der Waals surface area contributed by atoms with E-state index in [0.29, 0.717) is 26.4 Å². The van der Waals surface area contributed by atoms with E-state index in [0.717, 1.165) is 38.9 Å². The van der Waals surface area contributed by atoms with Crippen LogP contribution >= 0.6 is 0 Å². The Morgan fingerprint density at radius 3 is 2.63 bits per heavy atom. The summed E-state index contributed by atoms with van der Waals surface area (Å²) >= 11 is 0. The van der Waals surface area contributed by atoms with Gasteiger partial charge in [0, 0.05) is 12.0 Å². The van der Waals surface area contributed by atoms with Crippen molar-refractivity contribution < 1.29 is 19.0 Å². The minimum Gasteiger partial charge on any atom is -0.447 e. The van der Waals surface area contributed by atoms with Crippen molar-refractivity contribution in [2.75, 3.05) is 39.6 Å². The van der Waals surface area contributed by atoms with Crippen LogP contribution in [0.15, 0.2) is 0 Å². The minimum atomic E-state index is -0.350. The van der Waals surface area contributed by atoms with E-state index < -0.39 is 0 Å². The maximum atomic E-state index is 11.3. The van der Waals surface area contributed by atoms with E-state index in [1.54, 1.807) is 0 Å². The highest BCUT2D eigenvalue weighted by Gasteiger charge is 2.36. The second kappa shape index (κ2) is 9.15. The first kappa shape index (κ1) is 16.2. The molecule has 0 bridgehead atoms. The number of rotatable bonds is 10. The Balaban J connectivity index is 1.91. The average Bonchev–Trinajstić information content (AvgIpc) is 2.37. The zero-order chi connectivity index (χ0) is 14.0. The molecule has 0 aromatic carbocycles. The molecule has 0 aromatic heterocycles. The SMILES string of the molecule is CCCCCNC(=O)OCCOCC1(CC)COC1. The second-order valence-corrected chi connectivity index (χ2v) is 5.17. The third-order valence-electron chi connectivity index (χ3n) is 3.49. The van der Waals surface area contributed by atoms with Gasteiger partial charge in [0.15, 0.2) is 0 Å². The molecule has 5 nitrogen and oxygen atoms in total. The first-order valence-electron chi connectivity index (χ1n) is 7.28. The molecule has 1 saturated heterocycles. The number of carbonyl (C=O) groups is 1. The van der Waals surface area contributed by atoms with Crippen molar-refractivity contribution in [3.8, 4) is 0 Å². The van der Waals surface area contributed by atoms with Gasteiger partial charge in [-0.3, -0.25) is 0 Å². The van der Waals surface area contributed by atoms with Gasteiger partial charge in [-0.2, -0.15) is 0 Å². The van der Waals surface area contributed by atoms with E-state index in [1.807, 2.05) is 0 Å². The number of hydrogen-bond acceptors (Lipinski definition) is 4. The zero-order valence-corrected chi connectivity index (χ0v) is 12.2. The van der Waals surface area contributed by atoms with Gasteiger partial charge in [-0.05, 0) is 12.8 Å². The largest absolute Gasteiger partial charge is 0.447 e. The summed E-state index contributed by atoms with van der Waals surface area (Å²) in [7, 11) is 0. The monoisotopic (exact) mass is 273 g/mol. The maximum Gasteiger partial charge on any atom is 0.407 e. The number of amides is 1. The number of carbonyl (C=O) groups excluding carboxylic acids is 1. The fraction of sp³-hybridized carbons (Fsp3) is 0.929. The molecule has 1 fully saturated rings. The van der Waals surface area contributed by atoms with E-state index in [2.05, 4.69) is 19.2 Å². The summed E-state index contributed by atoms with van der Waals surface area (Å²) in [5.74, 6) is 0. The fourth-order valence-electron chi connectivity index (χ4n) is 1.88. The number of unbranched alkanes of at least 4 members (excludes halogenated alkanes) is 2. The van der Waals surface area contributed by atoms with Crippen molar-refractivity contribution in [2.24, 2.45) is 5.41 Å². The molecule has 0 atom stereocenters. The van der Waals surface area contributed by atoms with Crippen molar-refractivity contribution in [1.82, 2.24) is 5.32 Å². The van der Waals surface area contributed by atoms with E-state index in [9.17, 15) is 4.79 Å². The third-order valence-corrected chi connectivity index (χ3v) is 3.49. The van der Waals surface area contributed by atoms with Gasteiger partial charge < -0.3 is 19.5 Å². The van der Waals surface area contributed by atoms with Crippen LogP contribution < -0.4 is 5.32 Å².